The van der Waals surface area contributed by atoms with Crippen molar-refractivity contribution in [2.45, 2.75) is 19.4 Å². The molecule has 0 unspecified atom stereocenters. The third kappa shape index (κ3) is 5.07. The quantitative estimate of drug-likeness (QED) is 0.282. The van der Waals surface area contributed by atoms with Crippen LogP contribution >= 0.6 is 0 Å². The second-order valence-electron chi connectivity index (χ2n) is 10.1. The van der Waals surface area contributed by atoms with Gasteiger partial charge in [0.2, 0.25) is 5.95 Å². The summed E-state index contributed by atoms with van der Waals surface area (Å²) in [6, 6.07) is 10.1. The highest BCUT2D eigenvalue weighted by Crippen LogP contribution is 2.38. The maximum Gasteiger partial charge on any atom is 0.254 e. The number of aryl methyl sites for hydroxylation is 2. The van der Waals surface area contributed by atoms with Gasteiger partial charge in [-0.25, -0.2) is 9.97 Å². The summed E-state index contributed by atoms with van der Waals surface area (Å²) in [6.45, 7) is 2.64. The smallest absolute Gasteiger partial charge is 0.254 e. The van der Waals surface area contributed by atoms with Gasteiger partial charge in [0.15, 0.2) is 0 Å². The van der Waals surface area contributed by atoms with Crippen LogP contribution in [-0.4, -0.2) is 73.7 Å². The van der Waals surface area contributed by atoms with Crippen molar-refractivity contribution in [2.24, 2.45) is 0 Å². The Morgan fingerprint density at radius 3 is 2.77 bits per heavy atom. The zero-order chi connectivity index (χ0) is 27.7. The first kappa shape index (κ1) is 26.3. The van der Waals surface area contributed by atoms with Crippen molar-refractivity contribution in [1.82, 2.24) is 24.8 Å². The average molecular weight is 529 g/mol. The van der Waals surface area contributed by atoms with Gasteiger partial charge >= 0.3 is 0 Å². The number of para-hydroxylation sites is 1. The fourth-order valence-corrected chi connectivity index (χ4v) is 5.17. The summed E-state index contributed by atoms with van der Waals surface area (Å²) in [5.74, 6) is 0.718. The van der Waals surface area contributed by atoms with E-state index < -0.39 is 0 Å². The van der Waals surface area contributed by atoms with Crippen LogP contribution < -0.4 is 26.0 Å². The number of hydrogen-bond donors (Lipinski definition) is 3. The normalized spacial score (nSPS) is 12.6. The number of carbonyl (C=O) groups excluding carboxylic acids is 1. The number of likely N-dealkylation sites (N-methyl/N-ethyl adjacent to an activating group) is 2. The lowest BCUT2D eigenvalue weighted by molar-refractivity contribution is 0.0963. The summed E-state index contributed by atoms with van der Waals surface area (Å²) in [6.07, 6.45) is 5.79. The van der Waals surface area contributed by atoms with E-state index in [0.29, 0.717) is 34.3 Å². The lowest BCUT2D eigenvalue weighted by Gasteiger charge is -2.24. The van der Waals surface area contributed by atoms with Crippen LogP contribution in [0.4, 0.5) is 23.0 Å². The summed E-state index contributed by atoms with van der Waals surface area (Å²) in [7, 11) is 9.32. The van der Waals surface area contributed by atoms with Crippen LogP contribution in [0, 0.1) is 0 Å². The average Bonchev–Trinajstić information content (AvgIpc) is 3.32. The minimum Gasteiger partial charge on any atom is -0.494 e. The van der Waals surface area contributed by atoms with Gasteiger partial charge in [-0.3, -0.25) is 4.79 Å². The lowest BCUT2D eigenvalue weighted by atomic mass is 10.0. The van der Waals surface area contributed by atoms with Gasteiger partial charge in [-0.15, -0.1) is 0 Å². The molecular formula is C29H36N8O2. The molecular weight excluding hydrogens is 492 g/mol. The summed E-state index contributed by atoms with van der Waals surface area (Å²) >= 11 is 0. The molecule has 4 N–H and O–H groups in total. The van der Waals surface area contributed by atoms with Crippen LogP contribution in [0.3, 0.4) is 0 Å². The van der Waals surface area contributed by atoms with Crippen LogP contribution in [0.25, 0.3) is 22.2 Å². The van der Waals surface area contributed by atoms with E-state index in [1.807, 2.05) is 33.3 Å². The highest BCUT2D eigenvalue weighted by molar-refractivity contribution is 6.05. The Morgan fingerprint density at radius 2 is 2.03 bits per heavy atom. The van der Waals surface area contributed by atoms with Gasteiger partial charge < -0.3 is 35.5 Å². The number of benzene rings is 2. The fraction of sp³-hybridized carbons (Fsp3) is 0.345. The van der Waals surface area contributed by atoms with Gasteiger partial charge in [0.05, 0.1) is 40.9 Å². The molecule has 10 heteroatoms. The molecule has 0 fully saturated rings. The first-order valence-electron chi connectivity index (χ1n) is 13.1. The van der Waals surface area contributed by atoms with Gasteiger partial charge in [-0.1, -0.05) is 18.2 Å². The van der Waals surface area contributed by atoms with Crippen LogP contribution in [0.5, 0.6) is 5.75 Å². The van der Waals surface area contributed by atoms with E-state index >= 15 is 0 Å². The number of nitrogens with two attached hydrogens (primary N) is 1. The Morgan fingerprint density at radius 1 is 1.21 bits per heavy atom. The number of hydrogen-bond acceptors (Lipinski definition) is 8. The van der Waals surface area contributed by atoms with Crippen LogP contribution in [0.15, 0.2) is 42.7 Å². The summed E-state index contributed by atoms with van der Waals surface area (Å²) in [5.41, 5.74) is 13.0. The Bertz CT molecular complexity index is 1530. The third-order valence-corrected chi connectivity index (χ3v) is 7.23. The van der Waals surface area contributed by atoms with Crippen LogP contribution in [0.1, 0.15) is 22.3 Å². The molecule has 2 aromatic heterocycles. The predicted octanol–water partition coefficient (Wildman–Crippen LogP) is 3.74. The highest BCUT2D eigenvalue weighted by Gasteiger charge is 2.23. The van der Waals surface area contributed by atoms with E-state index in [1.165, 1.54) is 11.1 Å². The van der Waals surface area contributed by atoms with Crippen molar-refractivity contribution >= 4 is 39.8 Å². The Hall–Kier alpha value is -4.31. The molecule has 0 spiro atoms. The predicted molar refractivity (Wildman–Crippen MR) is 157 cm³/mol. The molecule has 1 amide bonds. The summed E-state index contributed by atoms with van der Waals surface area (Å²) in [4.78, 5) is 26.4. The number of nitrogen functional groups attached to an aromatic ring is 1. The minimum atomic E-state index is -0.240. The fourth-order valence-electron chi connectivity index (χ4n) is 5.17. The van der Waals surface area contributed by atoms with Gasteiger partial charge in [-0.05, 0) is 38.6 Å². The van der Waals surface area contributed by atoms with Crippen molar-refractivity contribution in [1.29, 1.82) is 0 Å². The summed E-state index contributed by atoms with van der Waals surface area (Å²) in [5, 5.41) is 7.08. The third-order valence-electron chi connectivity index (χ3n) is 7.23. The molecule has 0 radical (unpaired) electrons. The summed E-state index contributed by atoms with van der Waals surface area (Å²) < 4.78 is 7.97. The number of ether oxygens (including phenoxy) is 1. The molecule has 5 rings (SSSR count). The molecule has 0 atom stereocenters. The van der Waals surface area contributed by atoms with Gasteiger partial charge in [0, 0.05) is 63.1 Å². The SMILES string of the molecule is CNC(=O)c1cnc(Nc2cc(N)c(N(C)CCN(C)C)cc2OC)nc1-c1cn2c3c(cccc13)CCC2. The number of carbonyl (C=O) groups is 1. The van der Waals surface area contributed by atoms with E-state index in [9.17, 15) is 4.79 Å². The second-order valence-corrected chi connectivity index (χ2v) is 10.1. The van der Waals surface area contributed by atoms with Crippen molar-refractivity contribution in [3.8, 4) is 17.0 Å². The Balaban J connectivity index is 1.55. The highest BCUT2D eigenvalue weighted by atomic mass is 16.5. The van der Waals surface area contributed by atoms with Crippen molar-refractivity contribution in [2.75, 3.05) is 64.3 Å². The first-order chi connectivity index (χ1) is 18.8. The maximum absolute atomic E-state index is 12.8. The van der Waals surface area contributed by atoms with E-state index in [0.717, 1.165) is 49.1 Å². The van der Waals surface area contributed by atoms with E-state index in [2.05, 4.69) is 54.4 Å². The molecule has 204 valence electrons. The second kappa shape index (κ2) is 10.8. The molecule has 4 aromatic rings. The molecule has 2 aromatic carbocycles. The van der Waals surface area contributed by atoms with Gasteiger partial charge in [-0.2, -0.15) is 0 Å². The van der Waals surface area contributed by atoms with E-state index in [1.54, 1.807) is 20.4 Å². The van der Waals surface area contributed by atoms with Crippen molar-refractivity contribution in [3.63, 3.8) is 0 Å². The number of nitrogens with one attached hydrogen (secondary N) is 2. The van der Waals surface area contributed by atoms with Gasteiger partial charge in [0.1, 0.15) is 5.75 Å². The lowest BCUT2D eigenvalue weighted by Crippen LogP contribution is -2.29. The standard InChI is InChI=1S/C29H36N8O2/c1-31-28(38)20-16-32-29(33-23-14-22(30)24(15-25(23)39-5)36(4)13-12-35(2)3)34-26(20)21-17-37-11-7-9-18-8-6-10-19(21)27(18)37/h6,8,10,14-17H,7,9,11-13,30H2,1-5H3,(H,31,38)(H,32,33,34). The molecule has 39 heavy (non-hydrogen) atoms. The molecule has 0 saturated carbocycles. The molecule has 1 aliphatic rings. The van der Waals surface area contributed by atoms with E-state index in [-0.39, 0.29) is 5.91 Å². The first-order valence-corrected chi connectivity index (χ1v) is 13.1. The number of nitrogens with zero attached hydrogens (tertiary/aromatic N) is 5. The molecule has 10 nitrogen and oxygen atoms in total. The Kier molecular flexibility index (Phi) is 7.30. The topological polar surface area (TPSA) is 114 Å². The molecule has 0 saturated heterocycles. The Labute approximate surface area is 228 Å². The van der Waals surface area contributed by atoms with Gasteiger partial charge in [0.25, 0.3) is 5.91 Å². The number of amides is 1. The largest absolute Gasteiger partial charge is 0.494 e. The monoisotopic (exact) mass is 528 g/mol. The van der Waals surface area contributed by atoms with E-state index in [4.69, 9.17) is 15.5 Å². The maximum atomic E-state index is 12.8. The molecule has 0 aliphatic carbocycles. The number of aromatic nitrogens is 3. The number of rotatable bonds is 9. The van der Waals surface area contributed by atoms with Crippen LogP contribution in [0.2, 0.25) is 0 Å². The molecule has 0 bridgehead atoms. The minimum absolute atomic E-state index is 0.240. The molecule has 3 heterocycles. The molecule has 1 aliphatic heterocycles. The zero-order valence-corrected chi connectivity index (χ0v) is 23.2. The van der Waals surface area contributed by atoms with Crippen molar-refractivity contribution < 1.29 is 9.53 Å². The number of methoxy groups -OCH3 is 1. The zero-order valence-electron chi connectivity index (χ0n) is 23.2. The number of anilines is 4. The van der Waals surface area contributed by atoms with Crippen LogP contribution in [-0.2, 0) is 13.0 Å². The van der Waals surface area contributed by atoms with Crippen molar-refractivity contribution in [3.05, 3.63) is 53.9 Å².